The fourth-order valence-electron chi connectivity index (χ4n) is 1.21. The van der Waals surface area contributed by atoms with Crippen LogP contribution in [0.4, 0.5) is 0 Å². The first-order chi connectivity index (χ1) is 6.79. The molecular weight excluding hydrogens is 278 g/mol. The third kappa shape index (κ3) is 3.57. The van der Waals surface area contributed by atoms with Crippen molar-refractivity contribution in [1.29, 1.82) is 0 Å². The summed E-state index contributed by atoms with van der Waals surface area (Å²) in [7, 11) is 2.03. The molecule has 0 amide bonds. The normalized spacial score (nSPS) is 13.1. The topological polar surface area (TPSA) is 12.0 Å². The van der Waals surface area contributed by atoms with Crippen molar-refractivity contribution in [3.63, 3.8) is 0 Å². The Morgan fingerprint density at radius 2 is 2.36 bits per heavy atom. The number of thiophene rings is 1. The lowest BCUT2D eigenvalue weighted by molar-refractivity contribution is 0.661. The molecule has 1 nitrogen and oxygen atoms in total. The van der Waals surface area contributed by atoms with Crippen LogP contribution in [0.5, 0.6) is 0 Å². The van der Waals surface area contributed by atoms with Crippen LogP contribution in [0.2, 0.25) is 0 Å². The Morgan fingerprint density at radius 3 is 2.86 bits per heavy atom. The number of rotatable bonds is 6. The Labute approximate surface area is 103 Å². The maximum atomic E-state index is 3.58. The lowest BCUT2D eigenvalue weighted by Crippen LogP contribution is -2.18. The molecule has 1 atom stereocenters. The third-order valence-corrected chi connectivity index (χ3v) is 5.02. The van der Waals surface area contributed by atoms with Crippen molar-refractivity contribution in [2.24, 2.45) is 0 Å². The minimum atomic E-state index is 0.479. The summed E-state index contributed by atoms with van der Waals surface area (Å²) in [5.41, 5.74) is 1.39. The Morgan fingerprint density at radius 1 is 1.57 bits per heavy atom. The molecule has 0 fully saturated rings. The van der Waals surface area contributed by atoms with Gasteiger partial charge in [0.25, 0.3) is 0 Å². The molecule has 0 aliphatic heterocycles. The van der Waals surface area contributed by atoms with Crippen molar-refractivity contribution in [3.05, 3.63) is 20.8 Å². The molecule has 1 N–H and O–H groups in total. The van der Waals surface area contributed by atoms with E-state index in [9.17, 15) is 0 Å². The van der Waals surface area contributed by atoms with Crippen molar-refractivity contribution < 1.29 is 0 Å². The lowest BCUT2D eigenvalue weighted by atomic mass is 10.2. The van der Waals surface area contributed by atoms with Crippen LogP contribution in [-0.4, -0.2) is 18.6 Å². The lowest BCUT2D eigenvalue weighted by Gasteiger charge is -2.15. The van der Waals surface area contributed by atoms with E-state index in [1.54, 1.807) is 11.3 Å². The average Bonchev–Trinajstić information content (AvgIpc) is 2.60. The van der Waals surface area contributed by atoms with Gasteiger partial charge >= 0.3 is 0 Å². The van der Waals surface area contributed by atoms with Crippen molar-refractivity contribution >= 4 is 39.0 Å². The molecule has 1 aromatic heterocycles. The van der Waals surface area contributed by atoms with Gasteiger partial charge in [-0.2, -0.15) is 23.1 Å². The van der Waals surface area contributed by atoms with Gasteiger partial charge in [0, 0.05) is 21.6 Å². The Bertz CT molecular complexity index is 262. The summed E-state index contributed by atoms with van der Waals surface area (Å²) in [5.74, 6) is 2.40. The molecule has 0 bridgehead atoms. The highest BCUT2D eigenvalue weighted by Gasteiger charge is 2.12. The van der Waals surface area contributed by atoms with E-state index in [0.717, 1.165) is 5.75 Å². The number of hydrogen-bond donors (Lipinski definition) is 1. The van der Waals surface area contributed by atoms with Crippen molar-refractivity contribution in [1.82, 2.24) is 5.32 Å². The summed E-state index contributed by atoms with van der Waals surface area (Å²) in [5, 5.41) is 7.72. The van der Waals surface area contributed by atoms with E-state index in [1.165, 1.54) is 22.2 Å². The number of nitrogens with one attached hydrogen (secondary N) is 1. The van der Waals surface area contributed by atoms with Gasteiger partial charge in [0.2, 0.25) is 0 Å². The van der Waals surface area contributed by atoms with Crippen molar-refractivity contribution in [3.8, 4) is 0 Å². The van der Waals surface area contributed by atoms with Gasteiger partial charge in [-0.3, -0.25) is 0 Å². The molecule has 80 valence electrons. The Hall–Kier alpha value is 0.490. The van der Waals surface area contributed by atoms with Crippen LogP contribution in [0.3, 0.4) is 0 Å². The smallest absolute Gasteiger partial charge is 0.0429 e. The molecule has 1 aromatic rings. The predicted octanol–water partition coefficient (Wildman–Crippen LogP) is 3.91. The fraction of sp³-hybridized carbons (Fsp3) is 0.600. The van der Waals surface area contributed by atoms with E-state index in [2.05, 4.69) is 38.9 Å². The predicted molar refractivity (Wildman–Crippen MR) is 71.4 cm³/mol. The van der Waals surface area contributed by atoms with Crippen LogP contribution < -0.4 is 5.32 Å². The van der Waals surface area contributed by atoms with Gasteiger partial charge in [-0.15, -0.1) is 0 Å². The van der Waals surface area contributed by atoms with E-state index in [4.69, 9.17) is 0 Å². The van der Waals surface area contributed by atoms with Gasteiger partial charge in [0.15, 0.2) is 0 Å². The van der Waals surface area contributed by atoms with Crippen LogP contribution in [0.25, 0.3) is 0 Å². The fourth-order valence-corrected chi connectivity index (χ4v) is 3.88. The highest BCUT2D eigenvalue weighted by atomic mass is 79.9. The van der Waals surface area contributed by atoms with Crippen LogP contribution in [0.1, 0.15) is 24.9 Å². The zero-order valence-electron chi connectivity index (χ0n) is 8.55. The molecule has 1 unspecified atom stereocenters. The number of thioether (sulfide) groups is 1. The summed E-state index contributed by atoms with van der Waals surface area (Å²) >= 11 is 7.34. The molecule has 0 aromatic carbocycles. The highest BCUT2D eigenvalue weighted by molar-refractivity contribution is 9.10. The standard InChI is InChI=1S/C10H16BrNS2/c1-3-4-13-7-10(12-2)8-5-14-6-9(8)11/h5-6,10,12H,3-4,7H2,1-2H3. The molecular formula is C10H16BrNS2. The average molecular weight is 294 g/mol. The van der Waals surface area contributed by atoms with Crippen LogP contribution in [0.15, 0.2) is 15.2 Å². The first kappa shape index (κ1) is 12.6. The highest BCUT2D eigenvalue weighted by Crippen LogP contribution is 2.29. The molecule has 1 heterocycles. The van der Waals surface area contributed by atoms with Gasteiger partial charge in [0.1, 0.15) is 0 Å². The Balaban J connectivity index is 2.50. The summed E-state index contributed by atoms with van der Waals surface area (Å²) in [4.78, 5) is 0. The Kier molecular flexibility index (Phi) is 6.17. The quantitative estimate of drug-likeness (QED) is 0.798. The van der Waals surface area contributed by atoms with Crippen molar-refractivity contribution in [2.75, 3.05) is 18.6 Å². The first-order valence-electron chi connectivity index (χ1n) is 4.76. The zero-order chi connectivity index (χ0) is 10.4. The zero-order valence-corrected chi connectivity index (χ0v) is 11.8. The van der Waals surface area contributed by atoms with Gasteiger partial charge in [-0.05, 0) is 46.1 Å². The summed E-state index contributed by atoms with van der Waals surface area (Å²) in [6.45, 7) is 2.22. The van der Waals surface area contributed by atoms with Crippen LogP contribution >= 0.6 is 39.0 Å². The van der Waals surface area contributed by atoms with Gasteiger partial charge in [-0.1, -0.05) is 6.92 Å². The second-order valence-corrected chi connectivity index (χ2v) is 5.84. The number of hydrogen-bond acceptors (Lipinski definition) is 3. The molecule has 0 saturated heterocycles. The molecule has 0 radical (unpaired) electrons. The van der Waals surface area contributed by atoms with Gasteiger partial charge < -0.3 is 5.32 Å². The summed E-state index contributed by atoms with van der Waals surface area (Å²) < 4.78 is 1.24. The van der Waals surface area contributed by atoms with Crippen molar-refractivity contribution in [2.45, 2.75) is 19.4 Å². The largest absolute Gasteiger partial charge is 0.312 e. The van der Waals surface area contributed by atoms with Gasteiger partial charge in [0.05, 0.1) is 0 Å². The molecule has 0 aliphatic rings. The monoisotopic (exact) mass is 293 g/mol. The molecule has 14 heavy (non-hydrogen) atoms. The van der Waals surface area contributed by atoms with E-state index in [-0.39, 0.29) is 0 Å². The molecule has 1 rings (SSSR count). The summed E-state index contributed by atoms with van der Waals surface area (Å²) in [6.07, 6.45) is 1.26. The molecule has 4 heteroatoms. The molecule has 0 aliphatic carbocycles. The minimum absolute atomic E-state index is 0.479. The van der Waals surface area contributed by atoms with E-state index >= 15 is 0 Å². The van der Waals surface area contributed by atoms with E-state index in [1.807, 2.05) is 18.8 Å². The second kappa shape index (κ2) is 6.88. The van der Waals surface area contributed by atoms with Gasteiger partial charge in [-0.25, -0.2) is 0 Å². The van der Waals surface area contributed by atoms with Crippen LogP contribution in [-0.2, 0) is 0 Å². The van der Waals surface area contributed by atoms with Crippen LogP contribution in [0, 0.1) is 0 Å². The molecule has 0 saturated carbocycles. The van der Waals surface area contributed by atoms with E-state index in [0.29, 0.717) is 6.04 Å². The minimum Gasteiger partial charge on any atom is -0.312 e. The third-order valence-electron chi connectivity index (χ3n) is 2.00. The second-order valence-electron chi connectivity index (χ2n) is 3.09. The SMILES string of the molecule is CCCSCC(NC)c1cscc1Br. The maximum absolute atomic E-state index is 3.58. The van der Waals surface area contributed by atoms with E-state index < -0.39 is 0 Å². The molecule has 0 spiro atoms. The number of halogens is 1. The summed E-state index contributed by atoms with van der Waals surface area (Å²) in [6, 6.07) is 0.479. The first-order valence-corrected chi connectivity index (χ1v) is 7.65. The maximum Gasteiger partial charge on any atom is 0.0429 e.